The highest BCUT2D eigenvalue weighted by Gasteiger charge is 2.15. The summed E-state index contributed by atoms with van der Waals surface area (Å²) in [5, 5.41) is 13.3. The number of fused-ring (bicyclic) bond motifs is 11. The first-order valence-electron chi connectivity index (χ1n) is 10.4. The molecule has 0 bridgehead atoms. The molecule has 1 heterocycles. The van der Waals surface area contributed by atoms with E-state index in [1.165, 1.54) is 64.9 Å². The Balaban J connectivity index is 1.79. The molecule has 0 amide bonds. The van der Waals surface area contributed by atoms with Gasteiger partial charge in [-0.2, -0.15) is 0 Å². The number of aromatic nitrogens is 1. The van der Waals surface area contributed by atoms with Crippen LogP contribution >= 0.6 is 0 Å². The average Bonchev–Trinajstić information content (AvgIpc) is 3.11. The van der Waals surface area contributed by atoms with Crippen molar-refractivity contribution in [2.24, 2.45) is 7.05 Å². The highest BCUT2D eigenvalue weighted by atomic mass is 14.9. The van der Waals surface area contributed by atoms with Crippen molar-refractivity contribution in [1.29, 1.82) is 0 Å². The molecule has 0 radical (unpaired) electrons. The molecule has 0 fully saturated rings. The van der Waals surface area contributed by atoms with Gasteiger partial charge in [0.2, 0.25) is 0 Å². The van der Waals surface area contributed by atoms with Crippen molar-refractivity contribution in [1.82, 2.24) is 4.57 Å². The predicted octanol–water partition coefficient (Wildman–Crippen LogP) is 7.94. The second kappa shape index (κ2) is 5.61. The molecule has 30 heavy (non-hydrogen) atoms. The van der Waals surface area contributed by atoms with E-state index in [0.29, 0.717) is 0 Å². The van der Waals surface area contributed by atoms with E-state index in [1.807, 2.05) is 0 Å². The molecule has 0 aliphatic carbocycles. The average molecular weight is 381 g/mol. The SMILES string of the molecule is Cn1c2ccc3c4ccccc4ccc3c2c2c3ccc4ccccc4c3ccc21. The standard InChI is InChI=1S/C29H19N/c1-30-26-16-14-22-20-8-4-2-6-18(20)10-12-24(22)28(26)29-25-13-11-19-7-3-5-9-21(19)23(25)15-17-27(29)30/h2-17H,1H3. The first kappa shape index (κ1) is 16.0. The molecule has 6 aromatic carbocycles. The predicted molar refractivity (Wildman–Crippen MR) is 130 cm³/mol. The van der Waals surface area contributed by atoms with Crippen molar-refractivity contribution in [3.05, 3.63) is 97.1 Å². The van der Waals surface area contributed by atoms with E-state index in [-0.39, 0.29) is 0 Å². The highest BCUT2D eigenvalue weighted by molar-refractivity contribution is 6.32. The first-order chi connectivity index (χ1) is 14.8. The molecule has 140 valence electrons. The summed E-state index contributed by atoms with van der Waals surface area (Å²) in [5.41, 5.74) is 2.57. The summed E-state index contributed by atoms with van der Waals surface area (Å²) in [4.78, 5) is 0. The van der Waals surface area contributed by atoms with Crippen molar-refractivity contribution < 1.29 is 0 Å². The Kier molecular flexibility index (Phi) is 2.99. The lowest BCUT2D eigenvalue weighted by atomic mass is 9.95. The van der Waals surface area contributed by atoms with Crippen LogP contribution in [-0.2, 0) is 7.05 Å². The number of rotatable bonds is 0. The second-order valence-corrected chi connectivity index (χ2v) is 8.24. The van der Waals surface area contributed by atoms with Crippen LogP contribution in [0.15, 0.2) is 97.1 Å². The Morgan fingerprint density at radius 1 is 0.400 bits per heavy atom. The molecule has 0 N–H and O–H groups in total. The van der Waals surface area contributed by atoms with Gasteiger partial charge in [-0.25, -0.2) is 0 Å². The van der Waals surface area contributed by atoms with Gasteiger partial charge in [0.05, 0.1) is 0 Å². The largest absolute Gasteiger partial charge is 0.344 e. The zero-order valence-electron chi connectivity index (χ0n) is 16.7. The van der Waals surface area contributed by atoms with Gasteiger partial charge in [0.1, 0.15) is 0 Å². The van der Waals surface area contributed by atoms with Gasteiger partial charge in [-0.3, -0.25) is 0 Å². The molecular formula is C29H19N. The minimum Gasteiger partial charge on any atom is -0.344 e. The molecule has 0 spiro atoms. The van der Waals surface area contributed by atoms with Crippen molar-refractivity contribution >= 4 is 64.9 Å². The molecule has 1 aromatic heterocycles. The van der Waals surface area contributed by atoms with Crippen LogP contribution < -0.4 is 0 Å². The van der Waals surface area contributed by atoms with Crippen LogP contribution in [0.1, 0.15) is 0 Å². The lowest BCUT2D eigenvalue weighted by Gasteiger charge is -2.08. The van der Waals surface area contributed by atoms with E-state index >= 15 is 0 Å². The smallest absolute Gasteiger partial charge is 0.0495 e. The third-order valence-corrected chi connectivity index (χ3v) is 6.78. The quantitative estimate of drug-likeness (QED) is 0.235. The van der Waals surface area contributed by atoms with Crippen molar-refractivity contribution in [2.45, 2.75) is 0 Å². The first-order valence-corrected chi connectivity index (χ1v) is 10.4. The summed E-state index contributed by atoms with van der Waals surface area (Å²) >= 11 is 0. The normalized spacial score (nSPS) is 12.2. The topological polar surface area (TPSA) is 4.93 Å². The van der Waals surface area contributed by atoms with Crippen LogP contribution in [0.3, 0.4) is 0 Å². The molecule has 0 atom stereocenters. The Morgan fingerprint density at radius 3 is 1.33 bits per heavy atom. The summed E-state index contributed by atoms with van der Waals surface area (Å²) in [6.45, 7) is 0. The number of aryl methyl sites for hydroxylation is 1. The molecule has 1 heteroatoms. The maximum atomic E-state index is 2.34. The van der Waals surface area contributed by atoms with E-state index < -0.39 is 0 Å². The lowest BCUT2D eigenvalue weighted by Crippen LogP contribution is -1.86. The number of hydrogen-bond acceptors (Lipinski definition) is 0. The number of hydrogen-bond donors (Lipinski definition) is 0. The Labute approximate surface area is 173 Å². The summed E-state index contributed by atoms with van der Waals surface area (Å²) in [6.07, 6.45) is 0. The van der Waals surface area contributed by atoms with E-state index in [4.69, 9.17) is 0 Å². The Bertz CT molecular complexity index is 1670. The molecule has 0 aliphatic heterocycles. The molecule has 0 saturated heterocycles. The lowest BCUT2D eigenvalue weighted by molar-refractivity contribution is 1.02. The van der Waals surface area contributed by atoms with Crippen molar-refractivity contribution in [3.63, 3.8) is 0 Å². The molecule has 7 aromatic rings. The third kappa shape index (κ3) is 1.92. The summed E-state index contributed by atoms with van der Waals surface area (Å²) in [7, 11) is 2.18. The van der Waals surface area contributed by atoms with Gasteiger partial charge in [0, 0.05) is 28.9 Å². The highest BCUT2D eigenvalue weighted by Crippen LogP contribution is 2.41. The third-order valence-electron chi connectivity index (χ3n) is 6.78. The molecular weight excluding hydrogens is 362 g/mol. The Hall–Kier alpha value is -3.84. The molecule has 0 saturated carbocycles. The fraction of sp³-hybridized carbons (Fsp3) is 0.0345. The zero-order valence-corrected chi connectivity index (χ0v) is 16.7. The fourth-order valence-electron chi connectivity index (χ4n) is 5.37. The minimum atomic E-state index is 1.29. The molecule has 0 unspecified atom stereocenters. The number of benzene rings is 6. The zero-order chi connectivity index (χ0) is 19.8. The van der Waals surface area contributed by atoms with E-state index in [9.17, 15) is 0 Å². The van der Waals surface area contributed by atoms with Crippen LogP contribution in [0.4, 0.5) is 0 Å². The minimum absolute atomic E-state index is 1.29. The summed E-state index contributed by atoms with van der Waals surface area (Å²) in [5.74, 6) is 0. The molecule has 1 nitrogen and oxygen atoms in total. The van der Waals surface area contributed by atoms with E-state index in [1.54, 1.807) is 0 Å². The van der Waals surface area contributed by atoms with E-state index in [0.717, 1.165) is 0 Å². The van der Waals surface area contributed by atoms with Gasteiger partial charge < -0.3 is 4.57 Å². The molecule has 7 rings (SSSR count). The van der Waals surface area contributed by atoms with Crippen molar-refractivity contribution in [3.8, 4) is 0 Å². The van der Waals surface area contributed by atoms with Gasteiger partial charge >= 0.3 is 0 Å². The molecule has 0 aliphatic rings. The van der Waals surface area contributed by atoms with Gasteiger partial charge in [0.15, 0.2) is 0 Å². The van der Waals surface area contributed by atoms with Gasteiger partial charge in [-0.15, -0.1) is 0 Å². The Morgan fingerprint density at radius 2 is 0.833 bits per heavy atom. The maximum Gasteiger partial charge on any atom is 0.0495 e. The van der Waals surface area contributed by atoms with Gasteiger partial charge in [-0.05, 0) is 55.2 Å². The van der Waals surface area contributed by atoms with Gasteiger partial charge in [0.25, 0.3) is 0 Å². The monoisotopic (exact) mass is 381 g/mol. The maximum absolute atomic E-state index is 2.34. The van der Waals surface area contributed by atoms with Crippen LogP contribution in [0, 0.1) is 0 Å². The van der Waals surface area contributed by atoms with Crippen LogP contribution in [-0.4, -0.2) is 4.57 Å². The van der Waals surface area contributed by atoms with E-state index in [2.05, 4.69) is 109 Å². The van der Waals surface area contributed by atoms with Crippen molar-refractivity contribution in [2.75, 3.05) is 0 Å². The summed E-state index contributed by atoms with van der Waals surface area (Å²) in [6, 6.07) is 35.7. The van der Waals surface area contributed by atoms with Crippen LogP contribution in [0.25, 0.3) is 64.9 Å². The summed E-state index contributed by atoms with van der Waals surface area (Å²) < 4.78 is 2.34. The fourth-order valence-corrected chi connectivity index (χ4v) is 5.37. The van der Waals surface area contributed by atoms with Gasteiger partial charge in [-0.1, -0.05) is 84.9 Å². The van der Waals surface area contributed by atoms with Crippen LogP contribution in [0.5, 0.6) is 0 Å². The van der Waals surface area contributed by atoms with Crippen LogP contribution in [0.2, 0.25) is 0 Å². The number of nitrogens with zero attached hydrogens (tertiary/aromatic N) is 1. The second-order valence-electron chi connectivity index (χ2n) is 8.24.